The molecule has 2 aliphatic carbocycles. The SMILES string of the molecule is NC1(C(=O)NC2CCCCC2)Cn2c(cc3sc(CCF)cc32)C(=O)N1CC1C=CC(F)=CC1. The molecule has 182 valence electrons. The van der Waals surface area contributed by atoms with Gasteiger partial charge < -0.3 is 14.8 Å². The smallest absolute Gasteiger partial charge is 0.272 e. The zero-order valence-electron chi connectivity index (χ0n) is 19.1. The summed E-state index contributed by atoms with van der Waals surface area (Å²) in [7, 11) is 0. The van der Waals surface area contributed by atoms with E-state index in [1.807, 2.05) is 16.7 Å². The van der Waals surface area contributed by atoms with E-state index in [-0.39, 0.29) is 42.7 Å². The van der Waals surface area contributed by atoms with E-state index in [2.05, 4.69) is 5.32 Å². The van der Waals surface area contributed by atoms with Gasteiger partial charge in [0.05, 0.1) is 23.4 Å². The fourth-order valence-electron chi connectivity index (χ4n) is 5.31. The van der Waals surface area contributed by atoms with Gasteiger partial charge in [-0.3, -0.25) is 19.7 Å². The van der Waals surface area contributed by atoms with Crippen LogP contribution in [0.3, 0.4) is 0 Å². The highest BCUT2D eigenvalue weighted by Gasteiger charge is 2.49. The highest BCUT2D eigenvalue weighted by atomic mass is 32.1. The molecule has 1 saturated carbocycles. The number of amides is 2. The number of hydrogen-bond acceptors (Lipinski definition) is 4. The Bertz CT molecular complexity index is 1160. The van der Waals surface area contributed by atoms with Gasteiger partial charge in [-0.2, -0.15) is 0 Å². The molecule has 2 amide bonds. The van der Waals surface area contributed by atoms with Gasteiger partial charge in [0.15, 0.2) is 5.66 Å². The molecular formula is C25H30F2N4O2S. The molecule has 2 unspecified atom stereocenters. The first-order valence-electron chi connectivity index (χ1n) is 12.0. The molecule has 1 aliphatic heterocycles. The summed E-state index contributed by atoms with van der Waals surface area (Å²) in [6.07, 6.45) is 10.5. The Labute approximate surface area is 201 Å². The maximum Gasteiger partial charge on any atom is 0.272 e. The predicted octanol–water partition coefficient (Wildman–Crippen LogP) is 4.20. The molecule has 2 aromatic heterocycles. The molecule has 3 aliphatic rings. The summed E-state index contributed by atoms with van der Waals surface area (Å²) in [4.78, 5) is 29.7. The number of hydrogen-bond donors (Lipinski definition) is 2. The van der Waals surface area contributed by atoms with E-state index in [0.29, 0.717) is 18.5 Å². The number of halogens is 2. The molecular weight excluding hydrogens is 458 g/mol. The Morgan fingerprint density at radius 2 is 2.06 bits per heavy atom. The molecule has 3 heterocycles. The van der Waals surface area contributed by atoms with Crippen molar-refractivity contribution in [1.29, 1.82) is 0 Å². The number of nitrogens with one attached hydrogen (secondary N) is 1. The Morgan fingerprint density at radius 1 is 1.26 bits per heavy atom. The zero-order chi connectivity index (χ0) is 23.9. The van der Waals surface area contributed by atoms with E-state index in [0.717, 1.165) is 47.2 Å². The minimum atomic E-state index is -1.58. The summed E-state index contributed by atoms with van der Waals surface area (Å²) in [6.45, 7) is -0.112. The fraction of sp³-hybridized carbons (Fsp3) is 0.520. The van der Waals surface area contributed by atoms with Crippen LogP contribution in [-0.2, 0) is 17.8 Å². The summed E-state index contributed by atoms with van der Waals surface area (Å²) < 4.78 is 29.1. The lowest BCUT2D eigenvalue weighted by atomic mass is 9.93. The van der Waals surface area contributed by atoms with Crippen LogP contribution >= 0.6 is 11.3 Å². The monoisotopic (exact) mass is 488 g/mol. The van der Waals surface area contributed by atoms with Gasteiger partial charge in [-0.15, -0.1) is 11.3 Å². The molecule has 0 bridgehead atoms. The summed E-state index contributed by atoms with van der Waals surface area (Å²) in [5.74, 6) is -1.10. The lowest BCUT2D eigenvalue weighted by Gasteiger charge is -2.45. The molecule has 3 N–H and O–H groups in total. The number of aryl methyl sites for hydroxylation is 1. The molecule has 2 atom stereocenters. The van der Waals surface area contributed by atoms with Crippen molar-refractivity contribution in [1.82, 2.24) is 14.8 Å². The van der Waals surface area contributed by atoms with E-state index in [4.69, 9.17) is 5.73 Å². The van der Waals surface area contributed by atoms with Crippen molar-refractivity contribution in [2.45, 2.75) is 63.2 Å². The highest BCUT2D eigenvalue weighted by Crippen LogP contribution is 2.36. The van der Waals surface area contributed by atoms with E-state index in [1.54, 1.807) is 6.08 Å². The second-order valence-corrected chi connectivity index (χ2v) is 10.8. The van der Waals surface area contributed by atoms with Gasteiger partial charge in [0.1, 0.15) is 11.5 Å². The number of carbonyl (C=O) groups excluding carboxylic acids is 2. The molecule has 1 fully saturated rings. The van der Waals surface area contributed by atoms with Crippen LogP contribution in [0.1, 0.15) is 53.9 Å². The van der Waals surface area contributed by atoms with Gasteiger partial charge in [0.2, 0.25) is 0 Å². The molecule has 2 aromatic rings. The first-order chi connectivity index (χ1) is 16.4. The Kier molecular flexibility index (Phi) is 6.33. The second-order valence-electron chi connectivity index (χ2n) is 9.61. The maximum absolute atomic E-state index is 13.7. The lowest BCUT2D eigenvalue weighted by Crippen LogP contribution is -2.72. The van der Waals surface area contributed by atoms with Gasteiger partial charge in [0.25, 0.3) is 11.8 Å². The lowest BCUT2D eigenvalue weighted by molar-refractivity contribution is -0.134. The first-order valence-corrected chi connectivity index (χ1v) is 12.8. The van der Waals surface area contributed by atoms with Crippen molar-refractivity contribution in [3.8, 4) is 0 Å². The van der Waals surface area contributed by atoms with Crippen LogP contribution in [-0.4, -0.2) is 46.2 Å². The molecule has 0 radical (unpaired) electrons. The normalized spacial score (nSPS) is 25.5. The number of aromatic nitrogens is 1. The van der Waals surface area contributed by atoms with Crippen molar-refractivity contribution >= 4 is 33.4 Å². The van der Waals surface area contributed by atoms with Crippen LogP contribution in [0.4, 0.5) is 8.78 Å². The second kappa shape index (κ2) is 9.26. The minimum absolute atomic E-state index is 0.0496. The standard InChI is InChI=1S/C25H30F2N4O2S/c26-11-10-19-12-20-22(34-19)13-21-23(32)31(14-16-6-8-17(27)9-7-16)25(28,15-30(20)21)24(33)29-18-4-2-1-3-5-18/h6,8-9,12-13,16,18H,1-5,7,10-11,14-15,28H2,(H,29,33). The number of alkyl halides is 1. The molecule has 0 aromatic carbocycles. The van der Waals surface area contributed by atoms with Crippen molar-refractivity contribution < 1.29 is 18.4 Å². The summed E-state index contributed by atoms with van der Waals surface area (Å²) >= 11 is 1.46. The van der Waals surface area contributed by atoms with Crippen LogP contribution in [0.25, 0.3) is 10.2 Å². The van der Waals surface area contributed by atoms with Gasteiger partial charge >= 0.3 is 0 Å². The van der Waals surface area contributed by atoms with Crippen molar-refractivity contribution in [3.05, 3.63) is 46.8 Å². The Morgan fingerprint density at radius 3 is 2.76 bits per heavy atom. The average Bonchev–Trinajstić information content (AvgIpc) is 3.37. The molecule has 0 spiro atoms. The topological polar surface area (TPSA) is 80.4 Å². The predicted molar refractivity (Wildman–Crippen MR) is 129 cm³/mol. The maximum atomic E-state index is 13.7. The van der Waals surface area contributed by atoms with Crippen LogP contribution in [0.2, 0.25) is 0 Å². The highest BCUT2D eigenvalue weighted by molar-refractivity contribution is 7.19. The third-order valence-electron chi connectivity index (χ3n) is 7.22. The van der Waals surface area contributed by atoms with Crippen molar-refractivity contribution in [2.75, 3.05) is 13.2 Å². The van der Waals surface area contributed by atoms with Crippen LogP contribution in [0, 0.1) is 5.92 Å². The van der Waals surface area contributed by atoms with Gasteiger partial charge in [-0.1, -0.05) is 25.3 Å². The minimum Gasteiger partial charge on any atom is -0.350 e. The summed E-state index contributed by atoms with van der Waals surface area (Å²) in [6, 6.07) is 3.75. The number of rotatable bonds is 6. The fourth-order valence-corrected chi connectivity index (χ4v) is 6.38. The third kappa shape index (κ3) is 4.20. The molecule has 6 nitrogen and oxygen atoms in total. The van der Waals surface area contributed by atoms with Gasteiger partial charge in [-0.05, 0) is 49.5 Å². The van der Waals surface area contributed by atoms with Crippen LogP contribution < -0.4 is 11.1 Å². The number of nitrogens with two attached hydrogens (primary N) is 1. The quantitative estimate of drug-likeness (QED) is 0.640. The summed E-state index contributed by atoms with van der Waals surface area (Å²) in [5, 5.41) is 3.11. The van der Waals surface area contributed by atoms with Crippen molar-refractivity contribution in [2.24, 2.45) is 11.7 Å². The van der Waals surface area contributed by atoms with Crippen LogP contribution in [0.15, 0.2) is 36.2 Å². The third-order valence-corrected chi connectivity index (χ3v) is 8.35. The Balaban J connectivity index is 1.49. The number of nitrogens with zero attached hydrogens (tertiary/aromatic N) is 2. The Hall–Kier alpha value is -2.52. The molecule has 0 saturated heterocycles. The van der Waals surface area contributed by atoms with E-state index < -0.39 is 12.3 Å². The molecule has 9 heteroatoms. The van der Waals surface area contributed by atoms with E-state index in [1.165, 1.54) is 28.4 Å². The largest absolute Gasteiger partial charge is 0.350 e. The molecule has 5 rings (SSSR count). The van der Waals surface area contributed by atoms with E-state index >= 15 is 0 Å². The summed E-state index contributed by atoms with van der Waals surface area (Å²) in [5.41, 5.74) is 6.53. The molecule has 34 heavy (non-hydrogen) atoms. The van der Waals surface area contributed by atoms with Crippen LogP contribution in [0.5, 0.6) is 0 Å². The number of carbonyl (C=O) groups is 2. The van der Waals surface area contributed by atoms with Gasteiger partial charge in [-0.25, -0.2) is 4.39 Å². The first kappa shape index (κ1) is 23.2. The van der Waals surface area contributed by atoms with Gasteiger partial charge in [0, 0.05) is 23.9 Å². The zero-order valence-corrected chi connectivity index (χ0v) is 19.9. The average molecular weight is 489 g/mol. The number of fused-ring (bicyclic) bond motifs is 3. The number of thiophene rings is 1. The van der Waals surface area contributed by atoms with E-state index in [9.17, 15) is 18.4 Å². The van der Waals surface area contributed by atoms with Crippen molar-refractivity contribution in [3.63, 3.8) is 0 Å². The number of allylic oxidation sites excluding steroid dienone is 3.